The number of pyridine rings is 1. The fraction of sp³-hybridized carbons (Fsp3) is 0.318. The van der Waals surface area contributed by atoms with Gasteiger partial charge in [-0.05, 0) is 57.5 Å². The second kappa shape index (κ2) is 17.8. The van der Waals surface area contributed by atoms with Gasteiger partial charge in [0.15, 0.2) is 0 Å². The molecule has 0 spiro atoms. The summed E-state index contributed by atoms with van der Waals surface area (Å²) in [5, 5.41) is 8.39. The molecule has 1 aliphatic carbocycles. The SMILES string of the molecule is C=CC(=O)NC[C@H](NC(=O)OC(C)(C)C)C(=O)N1C[C@H](Oc2cc(-c3ccccc3)nc3cc(OC)ccc23)C[C@H]1C(=O)N[C@]1(C(=O)NS(=O)(=O)c2ccccc2)C[C@H]1C=C. The Morgan fingerprint density at radius 1 is 0.984 bits per heavy atom. The summed E-state index contributed by atoms with van der Waals surface area (Å²) in [5.41, 5.74) is -0.723. The van der Waals surface area contributed by atoms with Gasteiger partial charge in [0.1, 0.15) is 40.8 Å². The van der Waals surface area contributed by atoms with Crippen molar-refractivity contribution in [3.8, 4) is 22.8 Å². The van der Waals surface area contributed by atoms with Gasteiger partial charge in [-0.25, -0.2) is 22.9 Å². The molecule has 3 aromatic carbocycles. The average molecular weight is 853 g/mol. The van der Waals surface area contributed by atoms with Crippen LogP contribution in [-0.4, -0.2) is 97.6 Å². The van der Waals surface area contributed by atoms with E-state index >= 15 is 0 Å². The Bertz CT molecular complexity index is 2460. The minimum Gasteiger partial charge on any atom is -0.497 e. The average Bonchev–Trinajstić information content (AvgIpc) is 3.80. The fourth-order valence-corrected chi connectivity index (χ4v) is 8.11. The minimum absolute atomic E-state index is 0.0319. The zero-order valence-electron chi connectivity index (χ0n) is 34.2. The number of hydrogen-bond acceptors (Lipinski definition) is 11. The lowest BCUT2D eigenvalue weighted by molar-refractivity contribution is -0.141. The van der Waals surface area contributed by atoms with E-state index < -0.39 is 81.5 Å². The molecule has 0 radical (unpaired) electrons. The molecule has 6 rings (SSSR count). The van der Waals surface area contributed by atoms with Gasteiger partial charge in [0.05, 0.1) is 29.8 Å². The second-order valence-electron chi connectivity index (χ2n) is 15.6. The molecule has 1 saturated carbocycles. The van der Waals surface area contributed by atoms with E-state index in [0.717, 1.165) is 11.6 Å². The number of likely N-dealkylation sites (tertiary alicyclic amines) is 1. The molecule has 4 aromatic rings. The van der Waals surface area contributed by atoms with Gasteiger partial charge < -0.3 is 35.1 Å². The first-order chi connectivity index (χ1) is 29.0. The molecule has 2 fully saturated rings. The summed E-state index contributed by atoms with van der Waals surface area (Å²) in [5.74, 6) is -2.88. The summed E-state index contributed by atoms with van der Waals surface area (Å²) in [7, 11) is -2.79. The third kappa shape index (κ3) is 10.2. The van der Waals surface area contributed by atoms with Crippen LogP contribution in [0, 0.1) is 5.92 Å². The molecule has 61 heavy (non-hydrogen) atoms. The second-order valence-corrected chi connectivity index (χ2v) is 17.3. The summed E-state index contributed by atoms with van der Waals surface area (Å²) < 4.78 is 46.0. The van der Waals surface area contributed by atoms with Crippen LogP contribution in [0.15, 0.2) is 115 Å². The Balaban J connectivity index is 1.35. The van der Waals surface area contributed by atoms with E-state index in [2.05, 4.69) is 33.8 Å². The molecule has 1 aliphatic heterocycles. The number of sulfonamides is 1. The highest BCUT2D eigenvalue weighted by molar-refractivity contribution is 7.90. The first-order valence-electron chi connectivity index (χ1n) is 19.4. The maximum atomic E-state index is 14.6. The lowest BCUT2D eigenvalue weighted by Gasteiger charge is -2.30. The van der Waals surface area contributed by atoms with Crippen LogP contribution in [0.1, 0.15) is 33.6 Å². The zero-order valence-corrected chi connectivity index (χ0v) is 35.0. The third-order valence-electron chi connectivity index (χ3n) is 10.2. The van der Waals surface area contributed by atoms with E-state index in [1.54, 1.807) is 51.1 Å². The third-order valence-corrected chi connectivity index (χ3v) is 11.5. The van der Waals surface area contributed by atoms with Gasteiger partial charge in [0.2, 0.25) is 17.7 Å². The van der Waals surface area contributed by atoms with Gasteiger partial charge in [-0.2, -0.15) is 0 Å². The summed E-state index contributed by atoms with van der Waals surface area (Å²) in [6, 6.07) is 21.0. The number of fused-ring (bicyclic) bond motifs is 1. The van der Waals surface area contributed by atoms with Crippen molar-refractivity contribution in [2.75, 3.05) is 20.2 Å². The first kappa shape index (κ1) is 43.8. The number of nitrogens with zero attached hydrogens (tertiary/aromatic N) is 2. The van der Waals surface area contributed by atoms with E-state index in [-0.39, 0.29) is 24.3 Å². The summed E-state index contributed by atoms with van der Waals surface area (Å²) in [4.78, 5) is 74.2. The van der Waals surface area contributed by atoms with Crippen LogP contribution < -0.4 is 30.1 Å². The van der Waals surface area contributed by atoms with E-state index in [0.29, 0.717) is 28.1 Å². The minimum atomic E-state index is -4.33. The van der Waals surface area contributed by atoms with Crippen LogP contribution >= 0.6 is 0 Å². The highest BCUT2D eigenvalue weighted by Gasteiger charge is 2.61. The molecular weight excluding hydrogens is 805 g/mol. The Morgan fingerprint density at radius 2 is 1.67 bits per heavy atom. The van der Waals surface area contributed by atoms with Crippen molar-refractivity contribution >= 4 is 50.6 Å². The number of nitrogens with one attached hydrogen (secondary N) is 4. The molecule has 320 valence electrons. The summed E-state index contributed by atoms with van der Waals surface area (Å²) in [6.07, 6.45) is 0.561. The van der Waals surface area contributed by atoms with Gasteiger partial charge >= 0.3 is 6.09 Å². The molecule has 4 N–H and O–H groups in total. The van der Waals surface area contributed by atoms with E-state index in [4.69, 9.17) is 19.2 Å². The molecule has 2 aliphatic rings. The number of benzene rings is 3. The Kier molecular flexibility index (Phi) is 12.8. The Hall–Kier alpha value is -6.75. The molecule has 2 heterocycles. The quantitative estimate of drug-likeness (QED) is 0.0991. The Labute approximate surface area is 353 Å². The van der Waals surface area contributed by atoms with Crippen molar-refractivity contribution < 1.29 is 46.6 Å². The van der Waals surface area contributed by atoms with Crippen molar-refractivity contribution in [2.24, 2.45) is 5.92 Å². The number of rotatable bonds is 15. The predicted octanol–water partition coefficient (Wildman–Crippen LogP) is 4.02. The number of carbonyl (C=O) groups excluding carboxylic acids is 5. The van der Waals surface area contributed by atoms with Crippen molar-refractivity contribution in [3.63, 3.8) is 0 Å². The lowest BCUT2D eigenvalue weighted by atomic mass is 10.1. The van der Waals surface area contributed by atoms with Gasteiger partial charge in [-0.15, -0.1) is 6.58 Å². The topological polar surface area (TPSA) is 211 Å². The smallest absolute Gasteiger partial charge is 0.408 e. The van der Waals surface area contributed by atoms with Crippen LogP contribution in [0.2, 0.25) is 0 Å². The number of aromatic nitrogens is 1. The monoisotopic (exact) mass is 852 g/mol. The number of alkyl carbamates (subject to hydrolysis) is 1. The Morgan fingerprint density at radius 3 is 2.30 bits per heavy atom. The van der Waals surface area contributed by atoms with Crippen molar-refractivity contribution in [3.05, 3.63) is 110 Å². The van der Waals surface area contributed by atoms with Crippen LogP contribution in [0.3, 0.4) is 0 Å². The van der Waals surface area contributed by atoms with E-state index in [1.807, 2.05) is 30.3 Å². The molecule has 1 aromatic heterocycles. The number of amides is 5. The first-order valence-corrected chi connectivity index (χ1v) is 20.9. The number of methoxy groups -OCH3 is 1. The van der Waals surface area contributed by atoms with Gasteiger partial charge in [0, 0.05) is 42.0 Å². The number of carbonyl (C=O) groups is 5. The van der Waals surface area contributed by atoms with E-state index in [1.165, 1.54) is 42.4 Å². The molecule has 0 unspecified atom stereocenters. The van der Waals surface area contributed by atoms with Crippen molar-refractivity contribution in [1.82, 2.24) is 30.6 Å². The van der Waals surface area contributed by atoms with E-state index in [9.17, 15) is 32.4 Å². The standard InChI is InChI=1S/C44H48N6O10S/c1-7-28-24-44(28,41(54)49-61(56,57)31-17-13-10-14-18-31)48-39(52)36-22-30(26-50(36)40(53)35(25-45-38(51)8-2)47-42(55)60-43(3,4)5)59-37-23-33(27-15-11-9-12-16-27)46-34-21-29(58-6)19-20-32(34)37/h7-21,23,28,30,35-36H,1-2,22,24-26H2,3-6H3,(H,45,51)(H,47,55)(H,48,52)(H,49,54)/t28-,30-,35+,36+,44-/m1/s1. The largest absolute Gasteiger partial charge is 0.497 e. The summed E-state index contributed by atoms with van der Waals surface area (Å²) in [6.45, 7) is 11.5. The fourth-order valence-electron chi connectivity index (χ4n) is 7.05. The van der Waals surface area contributed by atoms with Crippen LogP contribution in [0.25, 0.3) is 22.2 Å². The van der Waals surface area contributed by atoms with Crippen LogP contribution in [-0.2, 0) is 33.9 Å². The van der Waals surface area contributed by atoms with Crippen LogP contribution in [0.5, 0.6) is 11.5 Å². The number of hydrogen-bond donors (Lipinski definition) is 4. The molecule has 5 atom stereocenters. The molecule has 5 amide bonds. The molecule has 16 nitrogen and oxygen atoms in total. The van der Waals surface area contributed by atoms with Gasteiger partial charge in [0.25, 0.3) is 15.9 Å². The van der Waals surface area contributed by atoms with Crippen molar-refractivity contribution in [1.29, 1.82) is 0 Å². The van der Waals surface area contributed by atoms with Gasteiger partial charge in [-0.1, -0.05) is 61.2 Å². The highest BCUT2D eigenvalue weighted by Crippen LogP contribution is 2.45. The molecule has 1 saturated heterocycles. The zero-order chi connectivity index (χ0) is 44.1. The van der Waals surface area contributed by atoms with Crippen molar-refractivity contribution in [2.45, 2.75) is 67.8 Å². The molecular formula is C44H48N6O10S. The number of ether oxygens (including phenoxy) is 3. The van der Waals surface area contributed by atoms with Crippen LogP contribution in [0.4, 0.5) is 4.79 Å². The molecule has 17 heteroatoms. The van der Waals surface area contributed by atoms with Gasteiger partial charge in [-0.3, -0.25) is 19.2 Å². The maximum Gasteiger partial charge on any atom is 0.408 e. The normalized spacial score (nSPS) is 20.1. The lowest BCUT2D eigenvalue weighted by Crippen LogP contribution is -2.59. The summed E-state index contributed by atoms with van der Waals surface area (Å²) >= 11 is 0. The highest BCUT2D eigenvalue weighted by atomic mass is 32.2. The maximum absolute atomic E-state index is 14.6. The molecule has 0 bridgehead atoms. The predicted molar refractivity (Wildman–Crippen MR) is 226 cm³/mol.